The molecule has 0 bridgehead atoms. The van der Waals surface area contributed by atoms with Crippen molar-refractivity contribution in [2.75, 3.05) is 11.4 Å². The molecule has 1 amide bonds. The Kier molecular flexibility index (Phi) is 2.86. The molecule has 2 rings (SSSR count). The first-order valence-corrected chi connectivity index (χ1v) is 5.54. The summed E-state index contributed by atoms with van der Waals surface area (Å²) in [6.45, 7) is 4.40. The fourth-order valence-electron chi connectivity index (χ4n) is 1.66. The van der Waals surface area contributed by atoms with E-state index in [-0.39, 0.29) is 11.8 Å². The maximum absolute atomic E-state index is 11.7. The molecule has 0 aliphatic carbocycles. The number of carbonyl (C=O) groups excluding carboxylic acids is 1. The second-order valence-corrected chi connectivity index (χ2v) is 4.45. The fraction of sp³-hybridized carbons (Fsp3) is 0.273. The van der Waals surface area contributed by atoms with E-state index in [2.05, 4.69) is 27.5 Å². The van der Waals surface area contributed by atoms with Gasteiger partial charge in [-0.3, -0.25) is 9.69 Å². The summed E-state index contributed by atoms with van der Waals surface area (Å²) >= 11 is 3.36. The number of anilines is 1. The Morgan fingerprint density at radius 1 is 1.67 bits per heavy atom. The first kappa shape index (κ1) is 10.4. The number of nitrogens with zero attached hydrogens (tertiary/aromatic N) is 2. The SMILES string of the molecule is C=CC1CC(=O)N(c2cc(Br)ccn2)C1. The Labute approximate surface area is 96.9 Å². The molecule has 0 saturated carbocycles. The van der Waals surface area contributed by atoms with Crippen LogP contribution < -0.4 is 4.90 Å². The summed E-state index contributed by atoms with van der Waals surface area (Å²) < 4.78 is 0.933. The van der Waals surface area contributed by atoms with Gasteiger partial charge in [0.2, 0.25) is 5.91 Å². The van der Waals surface area contributed by atoms with Crippen LogP contribution in [0.3, 0.4) is 0 Å². The van der Waals surface area contributed by atoms with Gasteiger partial charge in [0, 0.05) is 29.6 Å². The van der Waals surface area contributed by atoms with Crippen molar-refractivity contribution in [2.24, 2.45) is 5.92 Å². The van der Waals surface area contributed by atoms with E-state index in [9.17, 15) is 4.79 Å². The Bertz CT molecular complexity index is 405. The summed E-state index contributed by atoms with van der Waals surface area (Å²) in [7, 11) is 0. The van der Waals surface area contributed by atoms with Crippen LogP contribution >= 0.6 is 15.9 Å². The Morgan fingerprint density at radius 3 is 3.07 bits per heavy atom. The molecule has 0 spiro atoms. The minimum Gasteiger partial charge on any atom is -0.296 e. The number of amides is 1. The van der Waals surface area contributed by atoms with E-state index in [4.69, 9.17) is 0 Å². The molecule has 0 N–H and O–H groups in total. The number of aromatic nitrogens is 1. The van der Waals surface area contributed by atoms with Gasteiger partial charge in [-0.05, 0) is 12.1 Å². The lowest BCUT2D eigenvalue weighted by molar-refractivity contribution is -0.117. The minimum atomic E-state index is 0.116. The number of pyridine rings is 1. The number of rotatable bonds is 2. The molecular weight excluding hydrogens is 256 g/mol. The Morgan fingerprint density at radius 2 is 2.47 bits per heavy atom. The second-order valence-electron chi connectivity index (χ2n) is 3.54. The highest BCUT2D eigenvalue weighted by atomic mass is 79.9. The third kappa shape index (κ3) is 2.09. The first-order valence-electron chi connectivity index (χ1n) is 4.75. The smallest absolute Gasteiger partial charge is 0.228 e. The van der Waals surface area contributed by atoms with Crippen LogP contribution in [0.5, 0.6) is 0 Å². The second kappa shape index (κ2) is 4.14. The molecule has 15 heavy (non-hydrogen) atoms. The number of carbonyl (C=O) groups is 1. The largest absolute Gasteiger partial charge is 0.296 e. The van der Waals surface area contributed by atoms with E-state index < -0.39 is 0 Å². The normalized spacial score (nSPS) is 20.7. The van der Waals surface area contributed by atoms with Gasteiger partial charge < -0.3 is 0 Å². The van der Waals surface area contributed by atoms with Crippen molar-refractivity contribution in [1.82, 2.24) is 4.98 Å². The van der Waals surface area contributed by atoms with E-state index >= 15 is 0 Å². The highest BCUT2D eigenvalue weighted by Crippen LogP contribution is 2.25. The van der Waals surface area contributed by atoms with Crippen molar-refractivity contribution in [2.45, 2.75) is 6.42 Å². The molecule has 1 saturated heterocycles. The van der Waals surface area contributed by atoms with Crippen LogP contribution in [0.25, 0.3) is 0 Å². The van der Waals surface area contributed by atoms with Crippen LogP contribution in [-0.4, -0.2) is 17.4 Å². The van der Waals surface area contributed by atoms with Crippen molar-refractivity contribution in [3.63, 3.8) is 0 Å². The van der Waals surface area contributed by atoms with Crippen LogP contribution in [0.15, 0.2) is 35.5 Å². The summed E-state index contributed by atoms with van der Waals surface area (Å²) in [5.41, 5.74) is 0. The summed E-state index contributed by atoms with van der Waals surface area (Å²) in [6.07, 6.45) is 4.06. The fourth-order valence-corrected chi connectivity index (χ4v) is 1.98. The van der Waals surface area contributed by atoms with Crippen LogP contribution in [0.4, 0.5) is 5.82 Å². The van der Waals surface area contributed by atoms with E-state index in [1.165, 1.54) is 0 Å². The van der Waals surface area contributed by atoms with E-state index in [1.54, 1.807) is 11.1 Å². The Hall–Kier alpha value is -1.16. The van der Waals surface area contributed by atoms with Gasteiger partial charge in [0.25, 0.3) is 0 Å². The van der Waals surface area contributed by atoms with Crippen LogP contribution in [-0.2, 0) is 4.79 Å². The van der Waals surface area contributed by atoms with E-state index in [0.29, 0.717) is 18.8 Å². The van der Waals surface area contributed by atoms with Crippen LogP contribution in [0.2, 0.25) is 0 Å². The maximum Gasteiger partial charge on any atom is 0.228 e. The topological polar surface area (TPSA) is 33.2 Å². The molecule has 4 heteroatoms. The highest BCUT2D eigenvalue weighted by Gasteiger charge is 2.29. The number of hydrogen-bond donors (Lipinski definition) is 0. The monoisotopic (exact) mass is 266 g/mol. The van der Waals surface area contributed by atoms with Crippen molar-refractivity contribution in [3.8, 4) is 0 Å². The zero-order valence-corrected chi connectivity index (χ0v) is 9.77. The molecule has 0 radical (unpaired) electrons. The van der Waals surface area contributed by atoms with Gasteiger partial charge >= 0.3 is 0 Å². The van der Waals surface area contributed by atoms with Crippen molar-refractivity contribution in [3.05, 3.63) is 35.5 Å². The van der Waals surface area contributed by atoms with E-state index in [0.717, 1.165) is 4.47 Å². The zero-order valence-electron chi connectivity index (χ0n) is 8.19. The molecule has 0 aromatic carbocycles. The third-order valence-electron chi connectivity index (χ3n) is 2.47. The standard InChI is InChI=1S/C11H11BrN2O/c1-2-8-5-11(15)14(7-8)10-6-9(12)3-4-13-10/h2-4,6,8H,1,5,7H2. The summed E-state index contributed by atoms with van der Waals surface area (Å²) in [4.78, 5) is 17.6. The molecule has 1 aromatic heterocycles. The van der Waals surface area contributed by atoms with Gasteiger partial charge in [-0.15, -0.1) is 6.58 Å². The average molecular weight is 267 g/mol. The molecule has 1 aliphatic rings. The lowest BCUT2D eigenvalue weighted by Crippen LogP contribution is -2.25. The molecule has 78 valence electrons. The minimum absolute atomic E-state index is 0.116. The van der Waals surface area contributed by atoms with Crippen molar-refractivity contribution < 1.29 is 4.79 Å². The molecular formula is C11H11BrN2O. The number of hydrogen-bond acceptors (Lipinski definition) is 2. The molecule has 2 heterocycles. The third-order valence-corrected chi connectivity index (χ3v) is 2.97. The molecule has 1 aliphatic heterocycles. The van der Waals surface area contributed by atoms with E-state index in [1.807, 2.05) is 18.2 Å². The van der Waals surface area contributed by atoms with Crippen LogP contribution in [0, 0.1) is 5.92 Å². The first-order chi connectivity index (χ1) is 7.20. The van der Waals surface area contributed by atoms with Gasteiger partial charge in [-0.2, -0.15) is 0 Å². The highest BCUT2D eigenvalue weighted by molar-refractivity contribution is 9.10. The molecule has 1 fully saturated rings. The van der Waals surface area contributed by atoms with Gasteiger partial charge in [0.05, 0.1) is 0 Å². The Balaban J connectivity index is 2.25. The maximum atomic E-state index is 11.7. The molecule has 3 nitrogen and oxygen atoms in total. The molecule has 1 unspecified atom stereocenters. The summed E-state index contributed by atoms with van der Waals surface area (Å²) in [5, 5.41) is 0. The quantitative estimate of drug-likeness (QED) is 0.771. The lowest BCUT2D eigenvalue weighted by atomic mass is 10.1. The van der Waals surface area contributed by atoms with Gasteiger partial charge in [0.1, 0.15) is 5.82 Å². The predicted octanol–water partition coefficient (Wildman–Crippen LogP) is 2.38. The number of halogens is 1. The van der Waals surface area contributed by atoms with Gasteiger partial charge in [0.15, 0.2) is 0 Å². The zero-order chi connectivity index (χ0) is 10.8. The van der Waals surface area contributed by atoms with Gasteiger partial charge in [-0.25, -0.2) is 4.98 Å². The van der Waals surface area contributed by atoms with Crippen molar-refractivity contribution in [1.29, 1.82) is 0 Å². The molecule has 1 atom stereocenters. The van der Waals surface area contributed by atoms with Crippen LogP contribution in [0.1, 0.15) is 6.42 Å². The summed E-state index contributed by atoms with van der Waals surface area (Å²) in [6, 6.07) is 3.69. The lowest BCUT2D eigenvalue weighted by Gasteiger charge is -2.14. The average Bonchev–Trinajstić information content (AvgIpc) is 2.60. The van der Waals surface area contributed by atoms with Gasteiger partial charge in [-0.1, -0.05) is 22.0 Å². The predicted molar refractivity (Wildman–Crippen MR) is 62.6 cm³/mol. The van der Waals surface area contributed by atoms with Crippen molar-refractivity contribution >= 4 is 27.7 Å². The summed E-state index contributed by atoms with van der Waals surface area (Å²) in [5.74, 6) is 1.07. The molecule has 1 aromatic rings.